The molecule has 0 aliphatic heterocycles. The van der Waals surface area contributed by atoms with E-state index in [1.54, 1.807) is 0 Å². The Kier molecular flexibility index (Phi) is 4.74. The summed E-state index contributed by atoms with van der Waals surface area (Å²) in [5.74, 6) is 1.92. The summed E-state index contributed by atoms with van der Waals surface area (Å²) < 4.78 is 10.2. The number of alkyl halides is 2. The van der Waals surface area contributed by atoms with E-state index >= 15 is 0 Å². The molecule has 0 N–H and O–H groups in total. The lowest BCUT2D eigenvalue weighted by Gasteiger charge is -2.05. The first-order valence-corrected chi connectivity index (χ1v) is 8.66. The molecular formula is C19H20Cl2O2. The fourth-order valence-corrected chi connectivity index (χ4v) is 3.91. The molecule has 0 radical (unpaired) electrons. The van der Waals surface area contributed by atoms with Crippen LogP contribution in [0.5, 0.6) is 11.5 Å². The smallest absolute Gasteiger partial charge is 0.133 e. The summed E-state index contributed by atoms with van der Waals surface area (Å²) in [7, 11) is 0. The van der Waals surface area contributed by atoms with Gasteiger partial charge >= 0.3 is 0 Å². The lowest BCUT2D eigenvalue weighted by atomic mass is 10.0. The molecule has 4 heteroatoms. The normalized spacial score (nSPS) is 21.7. The Hall–Kier alpha value is -1.38. The molecule has 1 saturated carbocycles. The quantitative estimate of drug-likeness (QED) is 0.636. The topological polar surface area (TPSA) is 18.5 Å². The molecule has 1 aliphatic rings. The van der Waals surface area contributed by atoms with E-state index in [1.165, 1.54) is 0 Å². The number of ether oxygens (including phenoxy) is 2. The van der Waals surface area contributed by atoms with Crippen molar-refractivity contribution in [3.63, 3.8) is 0 Å². The summed E-state index contributed by atoms with van der Waals surface area (Å²) in [6.45, 7) is 5.26. The van der Waals surface area contributed by atoms with Crippen LogP contribution in [0.15, 0.2) is 48.5 Å². The van der Waals surface area contributed by atoms with E-state index in [-0.39, 0.29) is 11.8 Å². The van der Waals surface area contributed by atoms with E-state index in [9.17, 15) is 0 Å². The molecule has 122 valence electrons. The minimum absolute atomic E-state index is 0.0967. The van der Waals surface area contributed by atoms with Crippen LogP contribution in [0.25, 0.3) is 0 Å². The van der Waals surface area contributed by atoms with E-state index < -0.39 is 4.33 Å². The molecule has 0 saturated heterocycles. The van der Waals surface area contributed by atoms with E-state index in [1.807, 2.05) is 62.4 Å². The zero-order valence-electron chi connectivity index (χ0n) is 13.3. The minimum atomic E-state index is -0.764. The summed E-state index contributed by atoms with van der Waals surface area (Å²) in [5, 5.41) is 0. The minimum Gasteiger partial charge on any atom is -0.494 e. The van der Waals surface area contributed by atoms with E-state index in [0.29, 0.717) is 13.2 Å². The second kappa shape index (κ2) is 6.62. The molecule has 2 aromatic rings. The van der Waals surface area contributed by atoms with Crippen LogP contribution in [0.2, 0.25) is 0 Å². The van der Waals surface area contributed by atoms with Crippen LogP contribution in [0, 0.1) is 0 Å². The van der Waals surface area contributed by atoms with Gasteiger partial charge < -0.3 is 9.47 Å². The van der Waals surface area contributed by atoms with Gasteiger partial charge in [0.25, 0.3) is 0 Å². The van der Waals surface area contributed by atoms with Gasteiger partial charge in [-0.1, -0.05) is 24.3 Å². The molecule has 2 aromatic carbocycles. The summed E-state index contributed by atoms with van der Waals surface area (Å²) >= 11 is 13.1. The predicted octanol–water partition coefficient (Wildman–Crippen LogP) is 5.54. The van der Waals surface area contributed by atoms with Gasteiger partial charge in [-0.3, -0.25) is 0 Å². The van der Waals surface area contributed by atoms with Crippen LogP contribution in [-0.4, -0.2) is 17.5 Å². The van der Waals surface area contributed by atoms with Gasteiger partial charge in [0, 0.05) is 11.8 Å². The zero-order chi connectivity index (χ0) is 16.4. The summed E-state index contributed by atoms with van der Waals surface area (Å²) in [6, 6.07) is 16.1. The molecular weight excluding hydrogens is 331 g/mol. The second-order valence-electron chi connectivity index (χ2n) is 5.63. The van der Waals surface area contributed by atoms with Gasteiger partial charge in [-0.15, -0.1) is 23.2 Å². The van der Waals surface area contributed by atoms with Crippen molar-refractivity contribution in [2.75, 3.05) is 13.2 Å². The third-order valence-corrected chi connectivity index (χ3v) is 5.09. The van der Waals surface area contributed by atoms with Crippen LogP contribution >= 0.6 is 23.2 Å². The van der Waals surface area contributed by atoms with Gasteiger partial charge in [0.1, 0.15) is 15.8 Å². The Balaban J connectivity index is 1.78. The average Bonchev–Trinajstić information content (AvgIpc) is 3.12. The average molecular weight is 351 g/mol. The van der Waals surface area contributed by atoms with E-state index in [2.05, 4.69) is 0 Å². The van der Waals surface area contributed by atoms with Crippen LogP contribution in [0.4, 0.5) is 0 Å². The standard InChI is InChI=1S/C19H20Cl2O2/c1-3-22-15-9-5-13(6-10-15)17-18(19(17,20)21)14-7-11-16(12-8-14)23-4-2/h5-12,17-18H,3-4H2,1-2H3/t17-,18-/m0/s1. The van der Waals surface area contributed by atoms with Gasteiger partial charge in [-0.25, -0.2) is 0 Å². The summed E-state index contributed by atoms with van der Waals surface area (Å²) in [4.78, 5) is 0. The number of hydrogen-bond donors (Lipinski definition) is 0. The third-order valence-electron chi connectivity index (χ3n) is 4.15. The highest BCUT2D eigenvalue weighted by atomic mass is 35.5. The van der Waals surface area contributed by atoms with Crippen LogP contribution in [-0.2, 0) is 0 Å². The van der Waals surface area contributed by atoms with Gasteiger partial charge in [0.15, 0.2) is 0 Å². The first-order valence-electron chi connectivity index (χ1n) is 7.91. The summed E-state index contributed by atoms with van der Waals surface area (Å²) in [5.41, 5.74) is 2.27. The van der Waals surface area contributed by atoms with Crippen LogP contribution < -0.4 is 9.47 Å². The molecule has 0 bridgehead atoms. The zero-order valence-corrected chi connectivity index (χ0v) is 14.8. The van der Waals surface area contributed by atoms with E-state index in [0.717, 1.165) is 22.6 Å². The fraction of sp³-hybridized carbons (Fsp3) is 0.368. The van der Waals surface area contributed by atoms with Crippen molar-refractivity contribution in [3.05, 3.63) is 59.7 Å². The number of halogens is 2. The van der Waals surface area contributed by atoms with E-state index in [4.69, 9.17) is 32.7 Å². The molecule has 1 fully saturated rings. The highest BCUT2D eigenvalue weighted by Gasteiger charge is 2.64. The Bertz CT molecular complexity index is 593. The molecule has 2 nitrogen and oxygen atoms in total. The van der Waals surface area contributed by atoms with Crippen molar-refractivity contribution in [3.8, 4) is 11.5 Å². The number of benzene rings is 2. The molecule has 2 atom stereocenters. The Morgan fingerprint density at radius 3 is 1.39 bits per heavy atom. The molecule has 1 aliphatic carbocycles. The highest BCUT2D eigenvalue weighted by molar-refractivity contribution is 6.52. The molecule has 0 heterocycles. The highest BCUT2D eigenvalue weighted by Crippen LogP contribution is 2.70. The molecule has 0 spiro atoms. The van der Waals surface area contributed by atoms with Gasteiger partial charge in [-0.2, -0.15) is 0 Å². The van der Waals surface area contributed by atoms with Crippen LogP contribution in [0.1, 0.15) is 36.8 Å². The molecule has 3 rings (SSSR count). The Morgan fingerprint density at radius 1 is 0.739 bits per heavy atom. The monoisotopic (exact) mass is 350 g/mol. The largest absolute Gasteiger partial charge is 0.494 e. The number of rotatable bonds is 6. The van der Waals surface area contributed by atoms with Crippen molar-refractivity contribution >= 4 is 23.2 Å². The van der Waals surface area contributed by atoms with Crippen molar-refractivity contribution in [1.29, 1.82) is 0 Å². The van der Waals surface area contributed by atoms with Crippen molar-refractivity contribution < 1.29 is 9.47 Å². The lowest BCUT2D eigenvalue weighted by molar-refractivity contribution is 0.340. The second-order valence-corrected chi connectivity index (χ2v) is 7.08. The maximum absolute atomic E-state index is 6.55. The molecule has 0 unspecified atom stereocenters. The van der Waals surface area contributed by atoms with Gasteiger partial charge in [0.2, 0.25) is 0 Å². The third kappa shape index (κ3) is 3.29. The van der Waals surface area contributed by atoms with Crippen molar-refractivity contribution in [1.82, 2.24) is 0 Å². The molecule has 23 heavy (non-hydrogen) atoms. The number of hydrogen-bond acceptors (Lipinski definition) is 2. The maximum Gasteiger partial charge on any atom is 0.133 e. The first-order chi connectivity index (χ1) is 11.1. The maximum atomic E-state index is 6.55. The van der Waals surface area contributed by atoms with Crippen LogP contribution in [0.3, 0.4) is 0 Å². The van der Waals surface area contributed by atoms with Gasteiger partial charge in [0.05, 0.1) is 13.2 Å². The van der Waals surface area contributed by atoms with Crippen molar-refractivity contribution in [2.45, 2.75) is 30.0 Å². The Labute approximate surface area is 147 Å². The van der Waals surface area contributed by atoms with Crippen molar-refractivity contribution in [2.24, 2.45) is 0 Å². The lowest BCUT2D eigenvalue weighted by Crippen LogP contribution is -1.93. The fourth-order valence-electron chi connectivity index (χ4n) is 3.03. The predicted molar refractivity (Wildman–Crippen MR) is 95.1 cm³/mol. The Morgan fingerprint density at radius 2 is 1.09 bits per heavy atom. The first kappa shape index (κ1) is 16.5. The van der Waals surface area contributed by atoms with Gasteiger partial charge in [-0.05, 0) is 49.2 Å². The molecule has 0 amide bonds. The SMILES string of the molecule is CCOc1ccc([C@H]2[C@H](c3ccc(OCC)cc3)C2(Cl)Cl)cc1. The molecule has 0 aromatic heterocycles. The summed E-state index contributed by atoms with van der Waals surface area (Å²) in [6.07, 6.45) is 0.